The van der Waals surface area contributed by atoms with Gasteiger partial charge in [0.05, 0.1) is 11.9 Å². The first-order chi connectivity index (χ1) is 14.9. The van der Waals surface area contributed by atoms with Crippen LogP contribution in [-0.4, -0.2) is 38.1 Å². The predicted molar refractivity (Wildman–Crippen MR) is 117 cm³/mol. The minimum atomic E-state index is -0.643. The van der Waals surface area contributed by atoms with Crippen molar-refractivity contribution in [2.24, 2.45) is 7.05 Å². The highest BCUT2D eigenvalue weighted by Crippen LogP contribution is 2.28. The molecule has 0 fully saturated rings. The lowest BCUT2D eigenvalue weighted by Gasteiger charge is -2.16. The Balaban J connectivity index is 1.64. The van der Waals surface area contributed by atoms with Gasteiger partial charge in [-0.05, 0) is 43.7 Å². The summed E-state index contributed by atoms with van der Waals surface area (Å²) < 4.78 is 31.1. The monoisotopic (exact) mass is 421 g/mol. The molecule has 0 spiro atoms. The third kappa shape index (κ3) is 4.72. The number of nitrogens with zero attached hydrogens (tertiary/aromatic N) is 5. The normalized spacial score (nSPS) is 11.4. The third-order valence-electron chi connectivity index (χ3n) is 5.33. The summed E-state index contributed by atoms with van der Waals surface area (Å²) in [5, 5.41) is 8.91. The van der Waals surface area contributed by atoms with Crippen LogP contribution in [0.5, 0.6) is 0 Å². The summed E-state index contributed by atoms with van der Waals surface area (Å²) in [5.41, 5.74) is 5.27. The SMILES string of the molecule is Cc1ccccc1-c1nn(-c2ccc(F)cc2F)cc1CN(C)CCc1cnn(C)c1. The molecule has 0 saturated heterocycles. The molecule has 0 saturated carbocycles. The average Bonchev–Trinajstić information content (AvgIpc) is 3.33. The smallest absolute Gasteiger partial charge is 0.151 e. The van der Waals surface area contributed by atoms with E-state index in [1.165, 1.54) is 22.4 Å². The van der Waals surface area contributed by atoms with Gasteiger partial charge in [-0.15, -0.1) is 0 Å². The Kier molecular flexibility index (Phi) is 5.95. The first kappa shape index (κ1) is 20.9. The number of hydrogen-bond donors (Lipinski definition) is 0. The zero-order valence-electron chi connectivity index (χ0n) is 17.9. The highest BCUT2D eigenvalue weighted by Gasteiger charge is 2.17. The van der Waals surface area contributed by atoms with Crippen molar-refractivity contribution in [2.75, 3.05) is 13.6 Å². The number of likely N-dealkylation sites (N-methyl/N-ethyl adjacent to an activating group) is 1. The maximum absolute atomic E-state index is 14.4. The third-order valence-corrected chi connectivity index (χ3v) is 5.33. The van der Waals surface area contributed by atoms with Gasteiger partial charge < -0.3 is 4.90 Å². The molecule has 4 rings (SSSR count). The lowest BCUT2D eigenvalue weighted by molar-refractivity contribution is 0.331. The van der Waals surface area contributed by atoms with Gasteiger partial charge in [0.25, 0.3) is 0 Å². The first-order valence-corrected chi connectivity index (χ1v) is 10.2. The average molecular weight is 421 g/mol. The Morgan fingerprint density at radius 3 is 2.58 bits per heavy atom. The minimum absolute atomic E-state index is 0.223. The van der Waals surface area contributed by atoms with Crippen molar-refractivity contribution in [1.29, 1.82) is 0 Å². The van der Waals surface area contributed by atoms with Crippen LogP contribution < -0.4 is 0 Å². The van der Waals surface area contributed by atoms with E-state index in [9.17, 15) is 8.78 Å². The van der Waals surface area contributed by atoms with Crippen LogP contribution in [0, 0.1) is 18.6 Å². The molecule has 0 aliphatic carbocycles. The molecule has 0 atom stereocenters. The first-order valence-electron chi connectivity index (χ1n) is 10.2. The van der Waals surface area contributed by atoms with E-state index in [0.717, 1.165) is 41.4 Å². The molecule has 0 aliphatic rings. The van der Waals surface area contributed by atoms with Crippen molar-refractivity contribution in [3.63, 3.8) is 0 Å². The molecule has 2 aromatic heterocycles. The molecule has 0 unspecified atom stereocenters. The lowest BCUT2D eigenvalue weighted by atomic mass is 10.0. The second kappa shape index (κ2) is 8.81. The molecule has 0 bridgehead atoms. The van der Waals surface area contributed by atoms with Gasteiger partial charge in [0.15, 0.2) is 5.82 Å². The van der Waals surface area contributed by atoms with E-state index in [-0.39, 0.29) is 5.69 Å². The number of hydrogen-bond acceptors (Lipinski definition) is 3. The topological polar surface area (TPSA) is 38.9 Å². The van der Waals surface area contributed by atoms with Gasteiger partial charge in [-0.1, -0.05) is 24.3 Å². The molecule has 2 heterocycles. The summed E-state index contributed by atoms with van der Waals surface area (Å²) in [5.74, 6) is -1.25. The van der Waals surface area contributed by atoms with Crippen molar-refractivity contribution in [1.82, 2.24) is 24.5 Å². The molecule has 4 aromatic rings. The van der Waals surface area contributed by atoms with E-state index in [1.807, 2.05) is 63.9 Å². The lowest BCUT2D eigenvalue weighted by Crippen LogP contribution is -2.20. The number of aryl methyl sites for hydroxylation is 2. The van der Waals surface area contributed by atoms with E-state index < -0.39 is 11.6 Å². The molecule has 0 N–H and O–H groups in total. The van der Waals surface area contributed by atoms with Crippen LogP contribution in [0.25, 0.3) is 16.9 Å². The maximum atomic E-state index is 14.4. The van der Waals surface area contributed by atoms with Crippen LogP contribution >= 0.6 is 0 Å². The predicted octanol–water partition coefficient (Wildman–Crippen LogP) is 4.53. The van der Waals surface area contributed by atoms with Crippen molar-refractivity contribution in [3.05, 3.63) is 89.4 Å². The largest absolute Gasteiger partial charge is 0.302 e. The summed E-state index contributed by atoms with van der Waals surface area (Å²) in [6.07, 6.45) is 6.60. The summed E-state index contributed by atoms with van der Waals surface area (Å²) >= 11 is 0. The van der Waals surface area contributed by atoms with Crippen molar-refractivity contribution in [3.8, 4) is 16.9 Å². The second-order valence-electron chi connectivity index (χ2n) is 7.87. The Hall–Kier alpha value is -3.32. The van der Waals surface area contributed by atoms with Gasteiger partial charge in [-0.25, -0.2) is 13.5 Å². The van der Waals surface area contributed by atoms with Gasteiger partial charge in [-0.3, -0.25) is 4.68 Å². The van der Waals surface area contributed by atoms with Crippen LogP contribution in [0.15, 0.2) is 61.1 Å². The van der Waals surface area contributed by atoms with Crippen molar-refractivity contribution < 1.29 is 8.78 Å². The van der Waals surface area contributed by atoms with E-state index in [4.69, 9.17) is 5.10 Å². The van der Waals surface area contributed by atoms with Gasteiger partial charge in [0, 0.05) is 49.7 Å². The van der Waals surface area contributed by atoms with Gasteiger partial charge >= 0.3 is 0 Å². The molecular formula is C24H25F2N5. The number of halogens is 2. The number of benzene rings is 2. The fourth-order valence-electron chi connectivity index (χ4n) is 3.67. The molecule has 5 nitrogen and oxygen atoms in total. The maximum Gasteiger partial charge on any atom is 0.151 e. The zero-order valence-corrected chi connectivity index (χ0v) is 17.9. The highest BCUT2D eigenvalue weighted by atomic mass is 19.1. The molecule has 0 radical (unpaired) electrons. The standard InChI is InChI=1S/C24H25F2N5/c1-17-6-4-5-7-21(17)24-19(15-29(2)11-10-18-13-27-30(3)14-18)16-31(28-24)23-9-8-20(25)12-22(23)26/h4-9,12-14,16H,10-11,15H2,1-3H3. The molecule has 7 heteroatoms. The number of aromatic nitrogens is 4. The molecule has 160 valence electrons. The minimum Gasteiger partial charge on any atom is -0.302 e. The second-order valence-corrected chi connectivity index (χ2v) is 7.87. The van der Waals surface area contributed by atoms with Crippen LogP contribution in [0.3, 0.4) is 0 Å². The zero-order chi connectivity index (χ0) is 22.0. The molecule has 0 amide bonds. The Morgan fingerprint density at radius 1 is 1.06 bits per heavy atom. The Bertz CT molecular complexity index is 1190. The van der Waals surface area contributed by atoms with Crippen LogP contribution in [-0.2, 0) is 20.0 Å². The summed E-state index contributed by atoms with van der Waals surface area (Å²) in [7, 11) is 3.96. The van der Waals surface area contributed by atoms with Crippen LogP contribution in [0.2, 0.25) is 0 Å². The fourth-order valence-corrected chi connectivity index (χ4v) is 3.67. The highest BCUT2D eigenvalue weighted by molar-refractivity contribution is 5.66. The molecule has 2 aromatic carbocycles. The summed E-state index contributed by atoms with van der Waals surface area (Å²) in [6.45, 7) is 3.52. The van der Waals surface area contributed by atoms with Crippen molar-refractivity contribution >= 4 is 0 Å². The number of rotatable bonds is 7. The van der Waals surface area contributed by atoms with Crippen molar-refractivity contribution in [2.45, 2.75) is 19.9 Å². The summed E-state index contributed by atoms with van der Waals surface area (Å²) in [4.78, 5) is 2.21. The van der Waals surface area contributed by atoms with Gasteiger partial charge in [0.1, 0.15) is 11.5 Å². The Morgan fingerprint density at radius 2 is 1.87 bits per heavy atom. The van der Waals surface area contributed by atoms with Crippen LogP contribution in [0.4, 0.5) is 8.78 Å². The quantitative estimate of drug-likeness (QED) is 0.440. The van der Waals surface area contributed by atoms with E-state index >= 15 is 0 Å². The van der Waals surface area contributed by atoms with Crippen LogP contribution in [0.1, 0.15) is 16.7 Å². The van der Waals surface area contributed by atoms with E-state index in [2.05, 4.69) is 10.00 Å². The fraction of sp³-hybridized carbons (Fsp3) is 0.250. The molecule has 0 aliphatic heterocycles. The molecule has 31 heavy (non-hydrogen) atoms. The van der Waals surface area contributed by atoms with E-state index in [0.29, 0.717) is 6.54 Å². The summed E-state index contributed by atoms with van der Waals surface area (Å²) in [6, 6.07) is 11.5. The molecular weight excluding hydrogens is 396 g/mol. The van der Waals surface area contributed by atoms with Gasteiger partial charge in [-0.2, -0.15) is 10.2 Å². The Labute approximate surface area is 180 Å². The van der Waals surface area contributed by atoms with E-state index in [1.54, 1.807) is 4.68 Å². The van der Waals surface area contributed by atoms with Gasteiger partial charge in [0.2, 0.25) is 0 Å².